The predicted octanol–water partition coefficient (Wildman–Crippen LogP) is 1.80. The number of pyridine rings is 1. The van der Waals surface area contributed by atoms with Crippen LogP contribution in [-0.2, 0) is 13.2 Å². The van der Waals surface area contributed by atoms with E-state index in [9.17, 15) is 0 Å². The zero-order valence-electron chi connectivity index (χ0n) is 9.13. The Labute approximate surface area is 94.2 Å². The number of nitrogens with zero attached hydrogens (tertiary/aromatic N) is 2. The molecule has 84 valence electrons. The largest absolute Gasteiger partial charge is 0.467 e. The summed E-state index contributed by atoms with van der Waals surface area (Å²) in [4.78, 5) is 6.21. The predicted molar refractivity (Wildman–Crippen MR) is 61.0 cm³/mol. The summed E-state index contributed by atoms with van der Waals surface area (Å²) in [6.45, 7) is 0.693. The molecule has 0 aliphatic heterocycles. The molecule has 2 rings (SSSR count). The standard InChI is InChI=1S/C12H14N2O2/c1-14(8-11-3-2-6-16-11)12-7-10(9-15)4-5-13-12/h2-7,15H,8-9H2,1H3. The maximum absolute atomic E-state index is 9.04. The van der Waals surface area contributed by atoms with Crippen molar-refractivity contribution in [2.45, 2.75) is 13.2 Å². The first-order chi connectivity index (χ1) is 7.79. The molecule has 2 heterocycles. The van der Waals surface area contributed by atoms with Crippen molar-refractivity contribution in [3.63, 3.8) is 0 Å². The number of rotatable bonds is 4. The van der Waals surface area contributed by atoms with Crippen molar-refractivity contribution in [2.75, 3.05) is 11.9 Å². The van der Waals surface area contributed by atoms with Gasteiger partial charge in [-0.25, -0.2) is 4.98 Å². The Kier molecular flexibility index (Phi) is 3.22. The Morgan fingerprint density at radius 3 is 3.00 bits per heavy atom. The van der Waals surface area contributed by atoms with Crippen LogP contribution in [0.5, 0.6) is 0 Å². The SMILES string of the molecule is CN(Cc1ccco1)c1cc(CO)ccn1. The van der Waals surface area contributed by atoms with E-state index in [0.29, 0.717) is 6.54 Å². The number of furan rings is 1. The Bertz CT molecular complexity index is 440. The van der Waals surface area contributed by atoms with E-state index in [2.05, 4.69) is 4.98 Å². The molecule has 4 nitrogen and oxygen atoms in total. The smallest absolute Gasteiger partial charge is 0.128 e. The lowest BCUT2D eigenvalue weighted by Gasteiger charge is -2.16. The Hall–Kier alpha value is -1.81. The van der Waals surface area contributed by atoms with Crippen LogP contribution in [0.1, 0.15) is 11.3 Å². The molecule has 0 aliphatic carbocycles. The van der Waals surface area contributed by atoms with Crippen molar-refractivity contribution in [2.24, 2.45) is 0 Å². The van der Waals surface area contributed by atoms with E-state index in [1.54, 1.807) is 18.5 Å². The number of aliphatic hydroxyl groups is 1. The summed E-state index contributed by atoms with van der Waals surface area (Å²) in [6.07, 6.45) is 3.35. The highest BCUT2D eigenvalue weighted by Gasteiger charge is 2.05. The number of anilines is 1. The number of hydrogen-bond acceptors (Lipinski definition) is 4. The lowest BCUT2D eigenvalue weighted by molar-refractivity contribution is 0.281. The Balaban J connectivity index is 2.11. The lowest BCUT2D eigenvalue weighted by atomic mass is 10.2. The fraction of sp³-hybridized carbons (Fsp3) is 0.250. The van der Waals surface area contributed by atoms with Gasteiger partial charge in [0.05, 0.1) is 19.4 Å². The van der Waals surface area contributed by atoms with Crippen LogP contribution < -0.4 is 4.90 Å². The van der Waals surface area contributed by atoms with Gasteiger partial charge in [0.15, 0.2) is 0 Å². The molecule has 4 heteroatoms. The minimum atomic E-state index is 0.0319. The monoisotopic (exact) mass is 218 g/mol. The molecular weight excluding hydrogens is 204 g/mol. The van der Waals surface area contributed by atoms with Gasteiger partial charge in [-0.05, 0) is 29.8 Å². The van der Waals surface area contributed by atoms with E-state index >= 15 is 0 Å². The van der Waals surface area contributed by atoms with Crippen molar-refractivity contribution >= 4 is 5.82 Å². The first kappa shape index (κ1) is 10.7. The minimum Gasteiger partial charge on any atom is -0.467 e. The first-order valence-electron chi connectivity index (χ1n) is 5.09. The quantitative estimate of drug-likeness (QED) is 0.850. The van der Waals surface area contributed by atoms with E-state index in [4.69, 9.17) is 9.52 Å². The fourth-order valence-corrected chi connectivity index (χ4v) is 1.48. The van der Waals surface area contributed by atoms with Crippen molar-refractivity contribution in [1.29, 1.82) is 0 Å². The van der Waals surface area contributed by atoms with Gasteiger partial charge in [0.2, 0.25) is 0 Å². The third kappa shape index (κ3) is 2.41. The molecule has 0 atom stereocenters. The van der Waals surface area contributed by atoms with E-state index in [1.165, 1.54) is 0 Å². The summed E-state index contributed by atoms with van der Waals surface area (Å²) >= 11 is 0. The molecule has 0 saturated carbocycles. The van der Waals surface area contributed by atoms with E-state index in [-0.39, 0.29) is 6.61 Å². The van der Waals surface area contributed by atoms with Gasteiger partial charge in [0, 0.05) is 13.2 Å². The molecule has 1 N–H and O–H groups in total. The van der Waals surface area contributed by atoms with Gasteiger partial charge in [0.1, 0.15) is 11.6 Å². The summed E-state index contributed by atoms with van der Waals surface area (Å²) in [5.41, 5.74) is 0.858. The second-order valence-electron chi connectivity index (χ2n) is 3.62. The van der Waals surface area contributed by atoms with Crippen LogP contribution >= 0.6 is 0 Å². The van der Waals surface area contributed by atoms with Crippen LogP contribution in [0.25, 0.3) is 0 Å². The van der Waals surface area contributed by atoms with Crippen molar-refractivity contribution in [3.05, 3.63) is 48.0 Å². The number of aliphatic hydroxyl groups excluding tert-OH is 1. The highest BCUT2D eigenvalue weighted by atomic mass is 16.3. The molecule has 16 heavy (non-hydrogen) atoms. The molecule has 0 saturated heterocycles. The Morgan fingerprint density at radius 2 is 2.31 bits per heavy atom. The lowest BCUT2D eigenvalue weighted by Crippen LogP contribution is -2.17. The highest BCUT2D eigenvalue weighted by Crippen LogP contribution is 2.14. The third-order valence-electron chi connectivity index (χ3n) is 2.36. The van der Waals surface area contributed by atoms with Gasteiger partial charge in [-0.3, -0.25) is 0 Å². The zero-order valence-corrected chi connectivity index (χ0v) is 9.13. The average Bonchev–Trinajstić information content (AvgIpc) is 2.82. The van der Waals surface area contributed by atoms with Crippen LogP contribution in [0.3, 0.4) is 0 Å². The molecule has 0 radical (unpaired) electrons. The van der Waals surface area contributed by atoms with Gasteiger partial charge in [-0.2, -0.15) is 0 Å². The molecule has 2 aromatic rings. The summed E-state index contributed by atoms with van der Waals surface area (Å²) in [5.74, 6) is 1.71. The van der Waals surface area contributed by atoms with E-state index in [0.717, 1.165) is 17.1 Å². The molecule has 0 unspecified atom stereocenters. The molecular formula is C12H14N2O2. The van der Waals surface area contributed by atoms with Crippen molar-refractivity contribution < 1.29 is 9.52 Å². The van der Waals surface area contributed by atoms with Gasteiger partial charge >= 0.3 is 0 Å². The van der Waals surface area contributed by atoms with Crippen molar-refractivity contribution in [1.82, 2.24) is 4.98 Å². The van der Waals surface area contributed by atoms with Crippen LogP contribution in [0, 0.1) is 0 Å². The molecule has 0 fully saturated rings. The normalized spacial score (nSPS) is 10.4. The van der Waals surface area contributed by atoms with Crippen LogP contribution in [0.15, 0.2) is 41.1 Å². The minimum absolute atomic E-state index is 0.0319. The van der Waals surface area contributed by atoms with E-state index < -0.39 is 0 Å². The van der Waals surface area contributed by atoms with Gasteiger partial charge in [-0.1, -0.05) is 0 Å². The summed E-state index contributed by atoms with van der Waals surface area (Å²) in [5, 5.41) is 9.04. The molecule has 0 amide bonds. The molecule has 2 aromatic heterocycles. The number of aromatic nitrogens is 1. The number of hydrogen-bond donors (Lipinski definition) is 1. The summed E-state index contributed by atoms with van der Waals surface area (Å²) < 4.78 is 5.26. The van der Waals surface area contributed by atoms with Crippen molar-refractivity contribution in [3.8, 4) is 0 Å². The molecule has 0 aliphatic rings. The zero-order chi connectivity index (χ0) is 11.4. The van der Waals surface area contributed by atoms with Crippen LogP contribution in [0.4, 0.5) is 5.82 Å². The van der Waals surface area contributed by atoms with E-state index in [1.807, 2.05) is 30.1 Å². The Morgan fingerprint density at radius 1 is 1.44 bits per heavy atom. The van der Waals surface area contributed by atoms with Gasteiger partial charge < -0.3 is 14.4 Å². The third-order valence-corrected chi connectivity index (χ3v) is 2.36. The van der Waals surface area contributed by atoms with Gasteiger partial charge in [-0.15, -0.1) is 0 Å². The summed E-state index contributed by atoms with van der Waals surface area (Å²) in [7, 11) is 1.94. The highest BCUT2D eigenvalue weighted by molar-refractivity contribution is 5.40. The molecule has 0 bridgehead atoms. The maximum Gasteiger partial charge on any atom is 0.128 e. The maximum atomic E-state index is 9.04. The van der Waals surface area contributed by atoms with Crippen LogP contribution in [0.2, 0.25) is 0 Å². The average molecular weight is 218 g/mol. The molecule has 0 spiro atoms. The fourth-order valence-electron chi connectivity index (χ4n) is 1.48. The topological polar surface area (TPSA) is 49.5 Å². The summed E-state index contributed by atoms with van der Waals surface area (Å²) in [6, 6.07) is 7.44. The van der Waals surface area contributed by atoms with Gasteiger partial charge in [0.25, 0.3) is 0 Å². The second kappa shape index (κ2) is 4.81. The first-order valence-corrected chi connectivity index (χ1v) is 5.09. The molecule has 0 aromatic carbocycles. The van der Waals surface area contributed by atoms with Crippen LogP contribution in [-0.4, -0.2) is 17.1 Å². The second-order valence-corrected chi connectivity index (χ2v) is 3.62.